The lowest BCUT2D eigenvalue weighted by Gasteiger charge is -2.28. The summed E-state index contributed by atoms with van der Waals surface area (Å²) in [5.74, 6) is -0.820. The topological polar surface area (TPSA) is 111 Å². The van der Waals surface area contributed by atoms with Crippen LogP contribution in [0.2, 0.25) is 0 Å². The molecule has 0 amide bonds. The molecule has 0 saturated heterocycles. The van der Waals surface area contributed by atoms with Gasteiger partial charge in [-0.2, -0.15) is 0 Å². The highest BCUT2D eigenvalue weighted by Gasteiger charge is 2.22. The van der Waals surface area contributed by atoms with E-state index in [2.05, 4.69) is 111 Å². The van der Waals surface area contributed by atoms with Gasteiger partial charge in [-0.15, -0.1) is 0 Å². The fourth-order valence-electron chi connectivity index (χ4n) is 10.9. The number of allylic oxidation sites excluding steroid dienone is 16. The molecule has 90 heavy (non-hydrogen) atoms. The van der Waals surface area contributed by atoms with E-state index in [0.717, 1.165) is 89.9 Å². The Morgan fingerprint density at radius 1 is 0.356 bits per heavy atom. The quantitative estimate of drug-likeness (QED) is 0.0195. The molecule has 0 aliphatic rings. The van der Waals surface area contributed by atoms with Crippen LogP contribution in [0, 0.1) is 0 Å². The Kier molecular flexibility index (Phi) is 67.9. The molecule has 2 atom stereocenters. The highest BCUT2D eigenvalue weighted by Crippen LogP contribution is 2.38. The number of likely N-dealkylation sites (N-methyl/N-ethyl adjacent to an activating group) is 1. The van der Waals surface area contributed by atoms with Crippen LogP contribution in [0.25, 0.3) is 0 Å². The van der Waals surface area contributed by atoms with E-state index in [9.17, 15) is 19.0 Å². The predicted molar refractivity (Wildman–Crippen MR) is 388 cm³/mol. The van der Waals surface area contributed by atoms with Crippen LogP contribution < -0.4 is 4.89 Å². The minimum absolute atomic E-state index is 0.0316. The van der Waals surface area contributed by atoms with Crippen LogP contribution in [-0.4, -0.2) is 70.0 Å². The summed E-state index contributed by atoms with van der Waals surface area (Å²) in [5, 5.41) is 0. The second-order valence-corrected chi connectivity index (χ2v) is 28.1. The number of unbranched alkanes of at least 4 members (excludes halogenated alkanes) is 40. The molecular formula is C80H144NO8P. The number of nitrogens with zero attached hydrogens (tertiary/aromatic N) is 1. The molecule has 2 unspecified atom stereocenters. The first-order chi connectivity index (χ1) is 44.0. The van der Waals surface area contributed by atoms with Gasteiger partial charge in [0, 0.05) is 12.8 Å². The van der Waals surface area contributed by atoms with E-state index in [0.29, 0.717) is 17.4 Å². The molecule has 0 aromatic heterocycles. The van der Waals surface area contributed by atoms with Gasteiger partial charge in [0.05, 0.1) is 27.7 Å². The van der Waals surface area contributed by atoms with Gasteiger partial charge in [-0.25, -0.2) is 0 Å². The summed E-state index contributed by atoms with van der Waals surface area (Å²) in [6.45, 7) is 4.18. The third-order valence-electron chi connectivity index (χ3n) is 16.6. The van der Waals surface area contributed by atoms with Crippen molar-refractivity contribution in [3.63, 3.8) is 0 Å². The largest absolute Gasteiger partial charge is 0.756 e. The summed E-state index contributed by atoms with van der Waals surface area (Å²) < 4.78 is 34.4. The van der Waals surface area contributed by atoms with Crippen LogP contribution in [-0.2, 0) is 32.7 Å². The van der Waals surface area contributed by atoms with Crippen LogP contribution in [0.1, 0.15) is 348 Å². The van der Waals surface area contributed by atoms with Crippen LogP contribution in [0.5, 0.6) is 0 Å². The first-order valence-electron chi connectivity index (χ1n) is 37.9. The molecule has 0 radical (unpaired) electrons. The van der Waals surface area contributed by atoms with Crippen molar-refractivity contribution < 1.29 is 42.1 Å². The lowest BCUT2D eigenvalue weighted by molar-refractivity contribution is -0.870. The van der Waals surface area contributed by atoms with Crippen molar-refractivity contribution in [2.45, 2.75) is 354 Å². The van der Waals surface area contributed by atoms with Crippen LogP contribution in [0.4, 0.5) is 0 Å². The summed E-state index contributed by atoms with van der Waals surface area (Å²) in [6, 6.07) is 0. The third kappa shape index (κ3) is 74.0. The van der Waals surface area contributed by atoms with Gasteiger partial charge in [-0.3, -0.25) is 14.2 Å². The van der Waals surface area contributed by atoms with Gasteiger partial charge in [0.2, 0.25) is 0 Å². The second-order valence-electron chi connectivity index (χ2n) is 26.6. The number of hydrogen-bond acceptors (Lipinski definition) is 8. The van der Waals surface area contributed by atoms with Crippen molar-refractivity contribution in [1.82, 2.24) is 0 Å². The fraction of sp³-hybridized carbons (Fsp3) is 0.775. The standard InChI is InChI=1S/C80H144NO8P/c1-6-8-10-12-14-16-18-20-22-24-26-28-30-32-34-35-36-37-38-39-40-41-42-43-44-45-47-49-51-53-55-57-59-61-63-65-67-69-71-73-80(83)89-78(77-88-90(84,85)87-75-74-81(3,4)5)76-86-79(82)72-70-68-66-64-62-60-58-56-54-52-50-48-46-33-31-29-27-25-23-21-19-17-15-13-11-9-7-2/h8,10,14,16,20,22,26,28,32,34,36-37,39-40,42-43,78H,6-7,9,11-13,15,17-19,21,23-25,27,29-31,33,35,38,41,44-77H2,1-5H3/b10-8-,16-14-,22-20-,28-26-,34-32-,37-36-,40-39-,43-42-. The van der Waals surface area contributed by atoms with Gasteiger partial charge in [0.25, 0.3) is 7.82 Å². The molecule has 0 bridgehead atoms. The summed E-state index contributed by atoms with van der Waals surface area (Å²) in [7, 11) is 1.17. The van der Waals surface area contributed by atoms with Crippen molar-refractivity contribution in [2.75, 3.05) is 47.5 Å². The molecule has 0 aliphatic heterocycles. The molecule has 0 fully saturated rings. The van der Waals surface area contributed by atoms with Crippen molar-refractivity contribution >= 4 is 19.8 Å². The lowest BCUT2D eigenvalue weighted by Crippen LogP contribution is -2.37. The van der Waals surface area contributed by atoms with Crippen molar-refractivity contribution in [3.05, 3.63) is 97.2 Å². The molecule has 10 heteroatoms. The zero-order chi connectivity index (χ0) is 65.5. The maximum absolute atomic E-state index is 12.9. The number of carbonyl (C=O) groups excluding carboxylic acids is 2. The van der Waals surface area contributed by atoms with E-state index < -0.39 is 26.5 Å². The Bertz CT molecular complexity index is 1840. The molecule has 0 heterocycles. The van der Waals surface area contributed by atoms with E-state index in [-0.39, 0.29) is 32.0 Å². The molecule has 0 saturated carbocycles. The Hall–Kier alpha value is -3.07. The number of quaternary nitrogens is 1. The van der Waals surface area contributed by atoms with Crippen LogP contribution in [0.3, 0.4) is 0 Å². The molecule has 522 valence electrons. The normalized spacial score (nSPS) is 13.6. The molecule has 0 aromatic rings. The number of ether oxygens (including phenoxy) is 2. The number of carbonyl (C=O) groups is 2. The average Bonchev–Trinajstić information content (AvgIpc) is 3.58. The van der Waals surface area contributed by atoms with E-state index in [1.165, 1.54) is 225 Å². The Labute approximate surface area is 557 Å². The summed E-state index contributed by atoms with van der Waals surface area (Å²) >= 11 is 0. The lowest BCUT2D eigenvalue weighted by atomic mass is 10.0. The molecular weight excluding hydrogens is 1130 g/mol. The first kappa shape index (κ1) is 86.9. The molecule has 0 spiro atoms. The van der Waals surface area contributed by atoms with Gasteiger partial charge in [-0.05, 0) is 77.0 Å². The number of rotatable bonds is 70. The summed E-state index contributed by atoms with van der Waals surface area (Å²) in [5.41, 5.74) is 0. The zero-order valence-electron chi connectivity index (χ0n) is 59.6. The third-order valence-corrected chi connectivity index (χ3v) is 17.6. The highest BCUT2D eigenvalue weighted by atomic mass is 31.2. The van der Waals surface area contributed by atoms with Crippen LogP contribution >= 0.6 is 7.82 Å². The van der Waals surface area contributed by atoms with Gasteiger partial charge in [0.15, 0.2) is 6.10 Å². The maximum Gasteiger partial charge on any atom is 0.306 e. The molecule has 9 nitrogen and oxygen atoms in total. The SMILES string of the molecule is CC/C=C\C/C=C\C/C=C\C/C=C\C/C=C\C/C=C\C/C=C\C/C=C\CCCCCCCCCCCCCCCCC(=O)OC(COC(=O)CCCCCCCCCCCCCCCCCCCCCCCCCCCCC)COP(=O)([O-])OCC[N+](C)(C)C. The van der Waals surface area contributed by atoms with Crippen LogP contribution in [0.15, 0.2) is 97.2 Å². The molecule has 0 aromatic carbocycles. The first-order valence-corrected chi connectivity index (χ1v) is 39.4. The average molecular weight is 1280 g/mol. The molecule has 0 aliphatic carbocycles. The van der Waals surface area contributed by atoms with E-state index >= 15 is 0 Å². The van der Waals surface area contributed by atoms with Gasteiger partial charge in [-0.1, -0.05) is 355 Å². The minimum atomic E-state index is -4.65. The maximum atomic E-state index is 12.9. The van der Waals surface area contributed by atoms with Crippen molar-refractivity contribution in [2.24, 2.45) is 0 Å². The predicted octanol–water partition coefficient (Wildman–Crippen LogP) is 24.4. The van der Waals surface area contributed by atoms with Crippen molar-refractivity contribution in [3.8, 4) is 0 Å². The van der Waals surface area contributed by atoms with Gasteiger partial charge >= 0.3 is 11.9 Å². The molecule has 0 rings (SSSR count). The second kappa shape index (κ2) is 70.3. The van der Waals surface area contributed by atoms with E-state index in [4.69, 9.17) is 18.5 Å². The van der Waals surface area contributed by atoms with Crippen molar-refractivity contribution in [1.29, 1.82) is 0 Å². The van der Waals surface area contributed by atoms with E-state index in [1.54, 1.807) is 0 Å². The summed E-state index contributed by atoms with van der Waals surface area (Å²) in [6.07, 6.45) is 97.9. The number of phosphoric ester groups is 1. The van der Waals surface area contributed by atoms with E-state index in [1.807, 2.05) is 21.1 Å². The number of hydrogen-bond donors (Lipinski definition) is 0. The Morgan fingerprint density at radius 3 is 0.944 bits per heavy atom. The van der Waals surface area contributed by atoms with Gasteiger partial charge in [0.1, 0.15) is 19.8 Å². The smallest absolute Gasteiger partial charge is 0.306 e. The highest BCUT2D eigenvalue weighted by molar-refractivity contribution is 7.45. The summed E-state index contributed by atoms with van der Waals surface area (Å²) in [4.78, 5) is 38.1. The zero-order valence-corrected chi connectivity index (χ0v) is 60.5. The van der Waals surface area contributed by atoms with Gasteiger partial charge < -0.3 is 27.9 Å². The monoisotopic (exact) mass is 1280 g/mol. The number of esters is 2. The minimum Gasteiger partial charge on any atom is -0.756 e. The number of phosphoric acid groups is 1. The Balaban J connectivity index is 4.00. The fourth-order valence-corrected chi connectivity index (χ4v) is 11.6. The Morgan fingerprint density at radius 2 is 0.633 bits per heavy atom. The molecule has 0 N–H and O–H groups in total.